The maximum Gasteiger partial charge on any atom is 0.260 e. The quantitative estimate of drug-likeness (QED) is 0.768. The molecular formula is C14H16N6O. The normalized spacial score (nSPS) is 11.0. The molecule has 3 heterocycles. The van der Waals surface area contributed by atoms with E-state index in [0.717, 1.165) is 29.1 Å². The molecule has 3 aromatic rings. The summed E-state index contributed by atoms with van der Waals surface area (Å²) in [5.41, 5.74) is 3.79. The van der Waals surface area contributed by atoms with Gasteiger partial charge in [0.2, 0.25) is 0 Å². The van der Waals surface area contributed by atoms with E-state index in [9.17, 15) is 4.79 Å². The van der Waals surface area contributed by atoms with Gasteiger partial charge < -0.3 is 5.32 Å². The molecule has 3 aromatic heterocycles. The second-order valence-electron chi connectivity index (χ2n) is 4.90. The second-order valence-corrected chi connectivity index (χ2v) is 4.90. The zero-order valence-electron chi connectivity index (χ0n) is 12.1. The van der Waals surface area contributed by atoms with E-state index < -0.39 is 0 Å². The van der Waals surface area contributed by atoms with Crippen LogP contribution in [-0.2, 0) is 6.42 Å². The Bertz CT molecular complexity index is 816. The summed E-state index contributed by atoms with van der Waals surface area (Å²) >= 11 is 0. The number of carbonyl (C=O) groups excluding carboxylic acids is 1. The first-order valence-corrected chi connectivity index (χ1v) is 6.76. The molecule has 0 fully saturated rings. The van der Waals surface area contributed by atoms with E-state index in [1.807, 2.05) is 32.9 Å². The minimum atomic E-state index is -0.246. The predicted molar refractivity (Wildman–Crippen MR) is 78.4 cm³/mol. The van der Waals surface area contributed by atoms with Gasteiger partial charge in [-0.2, -0.15) is 10.2 Å². The fourth-order valence-electron chi connectivity index (χ4n) is 2.18. The van der Waals surface area contributed by atoms with Gasteiger partial charge in [-0.25, -0.2) is 9.50 Å². The Morgan fingerprint density at radius 3 is 2.90 bits per heavy atom. The third kappa shape index (κ3) is 2.37. The zero-order valence-corrected chi connectivity index (χ0v) is 12.1. The molecule has 108 valence electrons. The lowest BCUT2D eigenvalue weighted by Gasteiger charge is -2.06. The number of nitrogens with one attached hydrogen (secondary N) is 2. The summed E-state index contributed by atoms with van der Waals surface area (Å²) < 4.78 is 1.67. The van der Waals surface area contributed by atoms with Crippen molar-refractivity contribution in [2.24, 2.45) is 0 Å². The minimum absolute atomic E-state index is 0.246. The standard InChI is InChI=1S/C14H16N6O/c1-4-10-6-12(18-17-10)16-14(21)11-7-15-13-5-8(2)19-20(13)9(11)3/h5-7H,4H2,1-3H3,(H2,16,17,18,21). The lowest BCUT2D eigenvalue weighted by molar-refractivity contribution is 0.102. The molecule has 7 heteroatoms. The van der Waals surface area contributed by atoms with Crippen molar-refractivity contribution in [3.63, 3.8) is 0 Å². The summed E-state index contributed by atoms with van der Waals surface area (Å²) in [6.45, 7) is 5.75. The van der Waals surface area contributed by atoms with Crippen molar-refractivity contribution in [1.29, 1.82) is 0 Å². The van der Waals surface area contributed by atoms with Crippen LogP contribution in [0, 0.1) is 13.8 Å². The monoisotopic (exact) mass is 284 g/mol. The lowest BCUT2D eigenvalue weighted by Crippen LogP contribution is -2.16. The number of amides is 1. The van der Waals surface area contributed by atoms with Crippen LogP contribution in [0.25, 0.3) is 5.65 Å². The molecule has 3 rings (SSSR count). The Balaban J connectivity index is 1.92. The third-order valence-corrected chi connectivity index (χ3v) is 3.34. The zero-order chi connectivity index (χ0) is 15.0. The highest BCUT2D eigenvalue weighted by Gasteiger charge is 2.15. The van der Waals surface area contributed by atoms with Crippen LogP contribution in [0.5, 0.6) is 0 Å². The van der Waals surface area contributed by atoms with Crippen molar-refractivity contribution in [3.05, 3.63) is 41.0 Å². The maximum atomic E-state index is 12.3. The van der Waals surface area contributed by atoms with Gasteiger partial charge in [0, 0.05) is 24.0 Å². The van der Waals surface area contributed by atoms with E-state index in [1.165, 1.54) is 0 Å². The van der Waals surface area contributed by atoms with E-state index in [-0.39, 0.29) is 5.91 Å². The van der Waals surface area contributed by atoms with Gasteiger partial charge in [0.15, 0.2) is 11.5 Å². The number of nitrogens with zero attached hydrogens (tertiary/aromatic N) is 4. The molecular weight excluding hydrogens is 268 g/mol. The Hall–Kier alpha value is -2.70. The molecule has 0 bridgehead atoms. The Morgan fingerprint density at radius 2 is 2.19 bits per heavy atom. The van der Waals surface area contributed by atoms with Crippen molar-refractivity contribution >= 4 is 17.4 Å². The van der Waals surface area contributed by atoms with E-state index in [1.54, 1.807) is 10.7 Å². The van der Waals surface area contributed by atoms with Crippen molar-refractivity contribution < 1.29 is 4.79 Å². The molecule has 0 unspecified atom stereocenters. The summed E-state index contributed by atoms with van der Waals surface area (Å²) in [4.78, 5) is 16.6. The van der Waals surface area contributed by atoms with Crippen LogP contribution < -0.4 is 5.32 Å². The number of aryl methyl sites for hydroxylation is 3. The Labute approximate surface area is 121 Å². The molecule has 0 radical (unpaired) electrons. The number of hydrogen-bond donors (Lipinski definition) is 2. The van der Waals surface area contributed by atoms with Crippen molar-refractivity contribution in [1.82, 2.24) is 24.8 Å². The predicted octanol–water partition coefficient (Wildman–Crippen LogP) is 1.88. The van der Waals surface area contributed by atoms with E-state index in [2.05, 4.69) is 25.6 Å². The topological polar surface area (TPSA) is 88.0 Å². The summed E-state index contributed by atoms with van der Waals surface area (Å²) in [6.07, 6.45) is 2.40. The molecule has 2 N–H and O–H groups in total. The van der Waals surface area contributed by atoms with Crippen LogP contribution in [-0.4, -0.2) is 30.7 Å². The van der Waals surface area contributed by atoms with E-state index in [0.29, 0.717) is 11.4 Å². The van der Waals surface area contributed by atoms with Gasteiger partial charge in [0.1, 0.15) is 0 Å². The van der Waals surface area contributed by atoms with Gasteiger partial charge in [0.05, 0.1) is 17.0 Å². The molecule has 21 heavy (non-hydrogen) atoms. The molecule has 0 aliphatic carbocycles. The SMILES string of the molecule is CCc1cc(NC(=O)c2cnc3cc(C)nn3c2C)n[nH]1. The molecule has 1 amide bonds. The average Bonchev–Trinajstić information content (AvgIpc) is 3.05. The van der Waals surface area contributed by atoms with Crippen molar-refractivity contribution in [2.45, 2.75) is 27.2 Å². The Morgan fingerprint density at radius 1 is 1.38 bits per heavy atom. The van der Waals surface area contributed by atoms with Crippen LogP contribution in [0.1, 0.15) is 34.4 Å². The number of rotatable bonds is 3. The first-order chi connectivity index (χ1) is 10.1. The molecule has 0 aliphatic heterocycles. The fraction of sp³-hybridized carbons (Fsp3) is 0.286. The van der Waals surface area contributed by atoms with E-state index >= 15 is 0 Å². The highest BCUT2D eigenvalue weighted by molar-refractivity contribution is 6.04. The van der Waals surface area contributed by atoms with Gasteiger partial charge >= 0.3 is 0 Å². The number of H-pyrrole nitrogens is 1. The summed E-state index contributed by atoms with van der Waals surface area (Å²) in [7, 11) is 0. The lowest BCUT2D eigenvalue weighted by atomic mass is 10.2. The Kier molecular flexibility index (Phi) is 3.17. The number of hydrogen-bond acceptors (Lipinski definition) is 4. The van der Waals surface area contributed by atoms with Gasteiger partial charge in [-0.05, 0) is 20.3 Å². The van der Waals surface area contributed by atoms with Gasteiger partial charge in [-0.15, -0.1) is 0 Å². The fourth-order valence-corrected chi connectivity index (χ4v) is 2.18. The first-order valence-electron chi connectivity index (χ1n) is 6.76. The van der Waals surface area contributed by atoms with Crippen LogP contribution in [0.3, 0.4) is 0 Å². The molecule has 0 spiro atoms. The number of carbonyl (C=O) groups is 1. The molecule has 0 aromatic carbocycles. The molecule has 7 nitrogen and oxygen atoms in total. The third-order valence-electron chi connectivity index (χ3n) is 3.34. The summed E-state index contributed by atoms with van der Waals surface area (Å²) in [6, 6.07) is 3.69. The summed E-state index contributed by atoms with van der Waals surface area (Å²) in [5.74, 6) is 0.261. The van der Waals surface area contributed by atoms with Gasteiger partial charge in [-0.1, -0.05) is 6.92 Å². The number of anilines is 1. The molecule has 0 saturated heterocycles. The number of aromatic nitrogens is 5. The van der Waals surface area contributed by atoms with Crippen molar-refractivity contribution in [3.8, 4) is 0 Å². The number of fused-ring (bicyclic) bond motifs is 1. The smallest absolute Gasteiger partial charge is 0.260 e. The van der Waals surface area contributed by atoms with Crippen LogP contribution >= 0.6 is 0 Å². The maximum absolute atomic E-state index is 12.3. The highest BCUT2D eigenvalue weighted by Crippen LogP contribution is 2.13. The largest absolute Gasteiger partial charge is 0.305 e. The van der Waals surface area contributed by atoms with Gasteiger partial charge in [0.25, 0.3) is 5.91 Å². The van der Waals surface area contributed by atoms with Crippen LogP contribution in [0.4, 0.5) is 5.82 Å². The summed E-state index contributed by atoms with van der Waals surface area (Å²) in [5, 5.41) is 14.0. The highest BCUT2D eigenvalue weighted by atomic mass is 16.1. The number of aromatic amines is 1. The van der Waals surface area contributed by atoms with E-state index in [4.69, 9.17) is 0 Å². The first kappa shape index (κ1) is 13.3. The minimum Gasteiger partial charge on any atom is -0.305 e. The van der Waals surface area contributed by atoms with Crippen LogP contribution in [0.2, 0.25) is 0 Å². The molecule has 0 atom stereocenters. The second kappa shape index (κ2) is 5.01. The molecule has 0 saturated carbocycles. The van der Waals surface area contributed by atoms with Crippen molar-refractivity contribution in [2.75, 3.05) is 5.32 Å². The van der Waals surface area contributed by atoms with Crippen LogP contribution in [0.15, 0.2) is 18.3 Å². The van der Waals surface area contributed by atoms with Gasteiger partial charge in [-0.3, -0.25) is 9.89 Å². The average molecular weight is 284 g/mol. The molecule has 0 aliphatic rings.